The Morgan fingerprint density at radius 3 is 2.50 bits per heavy atom. The van der Waals surface area contributed by atoms with Gasteiger partial charge in [0.2, 0.25) is 0 Å². The van der Waals surface area contributed by atoms with E-state index >= 15 is 0 Å². The van der Waals surface area contributed by atoms with Crippen molar-refractivity contribution in [3.63, 3.8) is 0 Å². The second-order valence-corrected chi connectivity index (χ2v) is 5.61. The average molecular weight is 282 g/mol. The van der Waals surface area contributed by atoms with Crippen LogP contribution in [0.1, 0.15) is 18.6 Å². The zero-order chi connectivity index (χ0) is 13.9. The maximum atomic E-state index is 9.52. The molecule has 0 saturated heterocycles. The van der Waals surface area contributed by atoms with E-state index in [2.05, 4.69) is 9.97 Å². The number of hydrogen-bond acceptors (Lipinski definition) is 4. The van der Waals surface area contributed by atoms with E-state index in [0.717, 1.165) is 26.4 Å². The number of nitrogens with zero attached hydrogens (tertiary/aromatic N) is 2. The van der Waals surface area contributed by atoms with Gasteiger partial charge in [0.05, 0.1) is 11.6 Å². The molecule has 0 aliphatic carbocycles. The molecule has 1 heterocycles. The zero-order valence-corrected chi connectivity index (χ0v) is 11.8. The van der Waals surface area contributed by atoms with Gasteiger partial charge in [-0.05, 0) is 30.7 Å². The fourth-order valence-corrected chi connectivity index (χ4v) is 2.87. The third-order valence-electron chi connectivity index (χ3n) is 3.08. The summed E-state index contributed by atoms with van der Waals surface area (Å²) in [5.74, 6) is 0. The van der Waals surface area contributed by atoms with E-state index in [-0.39, 0.29) is 0 Å². The quantitative estimate of drug-likeness (QED) is 0.741. The molecule has 0 fully saturated rings. The molecule has 3 rings (SSSR count). The molecule has 20 heavy (non-hydrogen) atoms. The van der Waals surface area contributed by atoms with Crippen LogP contribution in [0, 0.1) is 0 Å². The summed E-state index contributed by atoms with van der Waals surface area (Å²) >= 11 is 1.60. The van der Waals surface area contributed by atoms with Crippen LogP contribution in [0.2, 0.25) is 0 Å². The van der Waals surface area contributed by atoms with Crippen molar-refractivity contribution in [3.05, 3.63) is 60.4 Å². The number of fused-ring (bicyclic) bond motifs is 1. The molecule has 1 atom stereocenters. The van der Waals surface area contributed by atoms with Crippen molar-refractivity contribution in [2.45, 2.75) is 22.9 Å². The van der Waals surface area contributed by atoms with E-state index in [1.807, 2.05) is 48.5 Å². The van der Waals surface area contributed by atoms with E-state index < -0.39 is 6.10 Å². The molecular formula is C16H14N2OS. The number of aliphatic hydroxyl groups excluding tert-OH is 1. The van der Waals surface area contributed by atoms with Crippen LogP contribution in [0.3, 0.4) is 0 Å². The van der Waals surface area contributed by atoms with Crippen LogP contribution in [-0.4, -0.2) is 15.1 Å². The molecule has 3 aromatic rings. The van der Waals surface area contributed by atoms with E-state index in [1.54, 1.807) is 25.0 Å². The highest BCUT2D eigenvalue weighted by molar-refractivity contribution is 7.99. The Morgan fingerprint density at radius 1 is 1.00 bits per heavy atom. The van der Waals surface area contributed by atoms with Crippen LogP contribution in [0.5, 0.6) is 0 Å². The van der Waals surface area contributed by atoms with Crippen molar-refractivity contribution in [1.29, 1.82) is 0 Å². The lowest BCUT2D eigenvalue weighted by atomic mass is 10.1. The number of aromatic nitrogens is 2. The standard InChI is InChI=1S/C16H14N2OS/c1-11(19)12-6-8-13(9-7-12)20-16-14-4-2-3-5-15(14)17-10-18-16/h2-11,19H,1H3/t11-/m1/s1. The Labute approximate surface area is 121 Å². The normalized spacial score (nSPS) is 12.5. The van der Waals surface area contributed by atoms with Gasteiger partial charge in [0.15, 0.2) is 0 Å². The summed E-state index contributed by atoms with van der Waals surface area (Å²) in [6.07, 6.45) is 1.16. The number of benzene rings is 2. The van der Waals surface area contributed by atoms with E-state index in [0.29, 0.717) is 0 Å². The molecule has 1 aromatic heterocycles. The average Bonchev–Trinajstić information content (AvgIpc) is 2.48. The van der Waals surface area contributed by atoms with Gasteiger partial charge in [0.25, 0.3) is 0 Å². The SMILES string of the molecule is C[C@@H](O)c1ccc(Sc2ncnc3ccccc23)cc1. The smallest absolute Gasteiger partial charge is 0.117 e. The summed E-state index contributed by atoms with van der Waals surface area (Å²) in [6, 6.07) is 15.9. The Hall–Kier alpha value is -1.91. The minimum Gasteiger partial charge on any atom is -0.389 e. The van der Waals surface area contributed by atoms with Crippen LogP contribution in [0.25, 0.3) is 10.9 Å². The zero-order valence-electron chi connectivity index (χ0n) is 11.0. The Morgan fingerprint density at radius 2 is 1.75 bits per heavy atom. The Bertz CT molecular complexity index is 721. The van der Waals surface area contributed by atoms with Gasteiger partial charge in [-0.25, -0.2) is 9.97 Å². The summed E-state index contributed by atoms with van der Waals surface area (Å²) in [5, 5.41) is 11.5. The Kier molecular flexibility index (Phi) is 3.67. The molecule has 0 radical (unpaired) electrons. The molecule has 0 amide bonds. The molecule has 4 heteroatoms. The van der Waals surface area contributed by atoms with Gasteiger partial charge in [-0.2, -0.15) is 0 Å². The molecule has 0 spiro atoms. The van der Waals surface area contributed by atoms with E-state index in [9.17, 15) is 5.11 Å². The van der Waals surface area contributed by atoms with Gasteiger partial charge in [0, 0.05) is 10.3 Å². The molecule has 0 bridgehead atoms. The Balaban J connectivity index is 1.93. The lowest BCUT2D eigenvalue weighted by Gasteiger charge is -2.07. The maximum absolute atomic E-state index is 9.52. The number of hydrogen-bond donors (Lipinski definition) is 1. The van der Waals surface area contributed by atoms with Crippen LogP contribution in [0.15, 0.2) is 64.8 Å². The minimum atomic E-state index is -0.436. The van der Waals surface area contributed by atoms with Crippen LogP contribution in [0.4, 0.5) is 0 Å². The van der Waals surface area contributed by atoms with Gasteiger partial charge in [0.1, 0.15) is 11.4 Å². The second-order valence-electron chi connectivity index (χ2n) is 4.54. The number of rotatable bonds is 3. The summed E-state index contributed by atoms with van der Waals surface area (Å²) in [4.78, 5) is 9.72. The topological polar surface area (TPSA) is 46.0 Å². The van der Waals surface area contributed by atoms with Crippen molar-refractivity contribution >= 4 is 22.7 Å². The first-order valence-electron chi connectivity index (χ1n) is 6.39. The number of aliphatic hydroxyl groups is 1. The summed E-state index contributed by atoms with van der Waals surface area (Å²) in [5.41, 5.74) is 1.87. The van der Waals surface area contributed by atoms with Crippen LogP contribution >= 0.6 is 11.8 Å². The van der Waals surface area contributed by atoms with Gasteiger partial charge in [-0.3, -0.25) is 0 Å². The molecule has 0 aliphatic heterocycles. The van der Waals surface area contributed by atoms with Crippen molar-refractivity contribution in [2.24, 2.45) is 0 Å². The van der Waals surface area contributed by atoms with Crippen molar-refractivity contribution < 1.29 is 5.11 Å². The predicted octanol–water partition coefficient (Wildman–Crippen LogP) is 3.83. The van der Waals surface area contributed by atoms with Gasteiger partial charge in [-0.15, -0.1) is 0 Å². The summed E-state index contributed by atoms with van der Waals surface area (Å²) in [6.45, 7) is 1.76. The predicted molar refractivity (Wildman–Crippen MR) is 80.7 cm³/mol. The third kappa shape index (κ3) is 2.66. The highest BCUT2D eigenvalue weighted by Crippen LogP contribution is 2.31. The lowest BCUT2D eigenvalue weighted by molar-refractivity contribution is 0.199. The first-order valence-corrected chi connectivity index (χ1v) is 7.21. The van der Waals surface area contributed by atoms with Crippen molar-refractivity contribution in [2.75, 3.05) is 0 Å². The molecular weight excluding hydrogens is 268 g/mol. The largest absolute Gasteiger partial charge is 0.389 e. The fraction of sp³-hybridized carbons (Fsp3) is 0.125. The third-order valence-corrected chi connectivity index (χ3v) is 4.11. The van der Waals surface area contributed by atoms with Crippen molar-refractivity contribution in [3.8, 4) is 0 Å². The molecule has 1 N–H and O–H groups in total. The van der Waals surface area contributed by atoms with E-state index in [1.165, 1.54) is 0 Å². The second kappa shape index (κ2) is 5.61. The monoisotopic (exact) mass is 282 g/mol. The molecule has 0 aliphatic rings. The summed E-state index contributed by atoms with van der Waals surface area (Å²) < 4.78 is 0. The molecule has 0 unspecified atom stereocenters. The van der Waals surface area contributed by atoms with E-state index in [4.69, 9.17) is 0 Å². The molecule has 100 valence electrons. The first-order chi connectivity index (χ1) is 9.74. The van der Waals surface area contributed by atoms with Crippen molar-refractivity contribution in [1.82, 2.24) is 9.97 Å². The van der Waals surface area contributed by atoms with Crippen LogP contribution < -0.4 is 0 Å². The number of para-hydroxylation sites is 1. The summed E-state index contributed by atoms with van der Waals surface area (Å²) in [7, 11) is 0. The minimum absolute atomic E-state index is 0.436. The lowest BCUT2D eigenvalue weighted by Crippen LogP contribution is -1.90. The fourth-order valence-electron chi connectivity index (χ4n) is 1.99. The first kappa shape index (κ1) is 13.1. The molecule has 3 nitrogen and oxygen atoms in total. The highest BCUT2D eigenvalue weighted by Gasteiger charge is 2.06. The van der Waals surface area contributed by atoms with Gasteiger partial charge in [-0.1, -0.05) is 42.1 Å². The highest BCUT2D eigenvalue weighted by atomic mass is 32.2. The molecule has 0 saturated carbocycles. The van der Waals surface area contributed by atoms with Gasteiger partial charge < -0.3 is 5.11 Å². The molecule has 2 aromatic carbocycles. The maximum Gasteiger partial charge on any atom is 0.117 e. The van der Waals surface area contributed by atoms with Gasteiger partial charge >= 0.3 is 0 Å². The van der Waals surface area contributed by atoms with Crippen LogP contribution in [-0.2, 0) is 0 Å².